The summed E-state index contributed by atoms with van der Waals surface area (Å²) in [6, 6.07) is -2.71. The van der Waals surface area contributed by atoms with Gasteiger partial charge in [0.15, 0.2) is 0 Å². The van der Waals surface area contributed by atoms with Crippen LogP contribution in [-0.2, 0) is 28.8 Å². The number of nitrogens with one attached hydrogen (secondary N) is 3. The summed E-state index contributed by atoms with van der Waals surface area (Å²) in [5.74, 6) is -5.92. The first kappa shape index (κ1) is 22.8. The van der Waals surface area contributed by atoms with Crippen molar-refractivity contribution in [3.8, 4) is 0 Å². The molecule has 2 unspecified atom stereocenters. The van der Waals surface area contributed by atoms with Crippen molar-refractivity contribution in [2.75, 3.05) is 13.1 Å². The second-order valence-electron chi connectivity index (χ2n) is 5.16. The highest BCUT2D eigenvalue weighted by molar-refractivity contribution is 5.93. The van der Waals surface area contributed by atoms with E-state index in [4.69, 9.17) is 21.7 Å². The maximum Gasteiger partial charge on any atom is 0.322 e. The van der Waals surface area contributed by atoms with E-state index in [2.05, 4.69) is 10.6 Å². The Bertz CT molecular complexity index is 579. The van der Waals surface area contributed by atoms with Crippen LogP contribution < -0.4 is 27.4 Å². The minimum absolute atomic E-state index is 0.205. The van der Waals surface area contributed by atoms with Crippen LogP contribution in [0.2, 0.25) is 0 Å². The Morgan fingerprint density at radius 3 is 2.00 bits per heavy atom. The molecule has 2 atom stereocenters. The van der Waals surface area contributed by atoms with Gasteiger partial charge in [-0.05, 0) is 6.42 Å². The van der Waals surface area contributed by atoms with Crippen LogP contribution in [-0.4, -0.2) is 71.0 Å². The quantitative estimate of drug-likeness (QED) is 0.175. The number of carbonyl (C=O) groups is 6. The minimum atomic E-state index is -1.42. The zero-order valence-electron chi connectivity index (χ0n) is 13.7. The van der Waals surface area contributed by atoms with Gasteiger partial charge in [-0.3, -0.25) is 28.8 Å². The van der Waals surface area contributed by atoms with Crippen LogP contribution in [0.5, 0.6) is 0 Å². The summed E-state index contributed by atoms with van der Waals surface area (Å²) in [7, 11) is 0. The van der Waals surface area contributed by atoms with E-state index in [1.165, 1.54) is 0 Å². The molecular formula is C13H21N5O8. The maximum absolute atomic E-state index is 12.0. The smallest absolute Gasteiger partial charge is 0.322 e. The van der Waals surface area contributed by atoms with E-state index in [1.807, 2.05) is 5.32 Å². The molecule has 4 amide bonds. The Kier molecular flexibility index (Phi) is 9.95. The summed E-state index contributed by atoms with van der Waals surface area (Å²) in [6.07, 6.45) is -1.14. The third-order valence-electron chi connectivity index (χ3n) is 2.90. The van der Waals surface area contributed by atoms with Crippen molar-refractivity contribution in [1.29, 1.82) is 0 Å². The van der Waals surface area contributed by atoms with Crippen LogP contribution in [0.1, 0.15) is 19.3 Å². The lowest BCUT2D eigenvalue weighted by molar-refractivity contribution is -0.139. The van der Waals surface area contributed by atoms with E-state index in [-0.39, 0.29) is 12.8 Å². The number of primary amides is 1. The lowest BCUT2D eigenvalue weighted by Crippen LogP contribution is -2.53. The van der Waals surface area contributed by atoms with Crippen molar-refractivity contribution in [3.63, 3.8) is 0 Å². The molecule has 0 aliphatic rings. The Morgan fingerprint density at radius 2 is 1.50 bits per heavy atom. The van der Waals surface area contributed by atoms with E-state index in [9.17, 15) is 28.8 Å². The molecule has 0 aromatic rings. The van der Waals surface area contributed by atoms with Gasteiger partial charge >= 0.3 is 11.9 Å². The summed E-state index contributed by atoms with van der Waals surface area (Å²) in [6.45, 7) is -1.21. The van der Waals surface area contributed by atoms with Crippen molar-refractivity contribution in [2.45, 2.75) is 31.3 Å². The van der Waals surface area contributed by atoms with Crippen molar-refractivity contribution >= 4 is 35.6 Å². The number of nitrogens with two attached hydrogens (primary N) is 2. The number of hydrogen-bond donors (Lipinski definition) is 7. The number of carbonyl (C=O) groups excluding carboxylic acids is 4. The monoisotopic (exact) mass is 375 g/mol. The molecule has 0 aliphatic carbocycles. The standard InChI is InChI=1S/C13H21N5O8/c14-6(3-10(21)22)12(25)18-7(1-2-8(15)19)13(26)17-4-9(20)16-5-11(23)24/h6-7H,1-5,14H2,(H2,15,19)(H,16,20)(H,17,26)(H,18,25)(H,21,22)(H,23,24). The zero-order valence-corrected chi connectivity index (χ0v) is 13.7. The van der Waals surface area contributed by atoms with Gasteiger partial charge in [0.2, 0.25) is 23.6 Å². The van der Waals surface area contributed by atoms with Gasteiger partial charge in [0.05, 0.1) is 19.0 Å². The Hall–Kier alpha value is -3.22. The van der Waals surface area contributed by atoms with E-state index >= 15 is 0 Å². The molecular weight excluding hydrogens is 354 g/mol. The van der Waals surface area contributed by atoms with Crippen molar-refractivity contribution in [3.05, 3.63) is 0 Å². The third-order valence-corrected chi connectivity index (χ3v) is 2.90. The van der Waals surface area contributed by atoms with Crippen LogP contribution >= 0.6 is 0 Å². The van der Waals surface area contributed by atoms with Gasteiger partial charge in [0.1, 0.15) is 12.6 Å². The van der Waals surface area contributed by atoms with Gasteiger partial charge in [-0.25, -0.2) is 0 Å². The first-order valence-corrected chi connectivity index (χ1v) is 7.35. The average Bonchev–Trinajstić information content (AvgIpc) is 2.53. The van der Waals surface area contributed by atoms with Gasteiger partial charge in [-0.1, -0.05) is 0 Å². The van der Waals surface area contributed by atoms with Crippen LogP contribution in [0.25, 0.3) is 0 Å². The molecule has 0 saturated heterocycles. The fourth-order valence-corrected chi connectivity index (χ4v) is 1.64. The molecule has 0 radical (unpaired) electrons. The van der Waals surface area contributed by atoms with Gasteiger partial charge < -0.3 is 37.6 Å². The normalized spacial score (nSPS) is 12.3. The van der Waals surface area contributed by atoms with E-state index in [0.29, 0.717) is 0 Å². The highest BCUT2D eigenvalue weighted by Crippen LogP contribution is 1.99. The fourth-order valence-electron chi connectivity index (χ4n) is 1.64. The highest BCUT2D eigenvalue weighted by atomic mass is 16.4. The van der Waals surface area contributed by atoms with Crippen LogP contribution in [0, 0.1) is 0 Å². The Morgan fingerprint density at radius 1 is 0.885 bits per heavy atom. The molecule has 146 valence electrons. The van der Waals surface area contributed by atoms with Gasteiger partial charge in [-0.15, -0.1) is 0 Å². The summed E-state index contributed by atoms with van der Waals surface area (Å²) in [4.78, 5) is 66.9. The van der Waals surface area contributed by atoms with Gasteiger partial charge in [0.25, 0.3) is 0 Å². The van der Waals surface area contributed by atoms with Gasteiger partial charge in [-0.2, -0.15) is 0 Å². The summed E-state index contributed by atoms with van der Waals surface area (Å²) in [5, 5.41) is 23.3. The number of rotatable bonds is 12. The number of carboxylic acid groups (broad SMARTS) is 2. The van der Waals surface area contributed by atoms with Crippen LogP contribution in [0.3, 0.4) is 0 Å². The van der Waals surface area contributed by atoms with Gasteiger partial charge in [0, 0.05) is 6.42 Å². The molecule has 26 heavy (non-hydrogen) atoms. The maximum atomic E-state index is 12.0. The molecule has 0 aliphatic heterocycles. The fraction of sp³-hybridized carbons (Fsp3) is 0.538. The molecule has 0 aromatic heterocycles. The molecule has 9 N–H and O–H groups in total. The lowest BCUT2D eigenvalue weighted by Gasteiger charge is -2.19. The Labute approximate surface area is 147 Å². The zero-order chi connectivity index (χ0) is 20.3. The van der Waals surface area contributed by atoms with E-state index in [0.717, 1.165) is 0 Å². The molecule has 0 spiro atoms. The molecule has 0 fully saturated rings. The predicted octanol–water partition coefficient (Wildman–Crippen LogP) is -4.14. The molecule has 13 heteroatoms. The lowest BCUT2D eigenvalue weighted by atomic mass is 10.1. The first-order valence-electron chi connectivity index (χ1n) is 7.35. The van der Waals surface area contributed by atoms with Crippen molar-refractivity contribution in [2.24, 2.45) is 11.5 Å². The minimum Gasteiger partial charge on any atom is -0.481 e. The van der Waals surface area contributed by atoms with Crippen LogP contribution in [0.15, 0.2) is 0 Å². The average molecular weight is 375 g/mol. The number of carboxylic acids is 2. The summed E-state index contributed by atoms with van der Waals surface area (Å²) in [5.41, 5.74) is 10.4. The third kappa shape index (κ3) is 10.5. The summed E-state index contributed by atoms with van der Waals surface area (Å²) >= 11 is 0. The predicted molar refractivity (Wildman–Crippen MR) is 84.2 cm³/mol. The number of aliphatic carboxylic acids is 2. The topological polar surface area (TPSA) is 231 Å². The molecule has 13 nitrogen and oxygen atoms in total. The second kappa shape index (κ2) is 11.4. The molecule has 0 bridgehead atoms. The highest BCUT2D eigenvalue weighted by Gasteiger charge is 2.25. The molecule has 0 heterocycles. The number of amides is 4. The van der Waals surface area contributed by atoms with E-state index in [1.54, 1.807) is 0 Å². The van der Waals surface area contributed by atoms with Crippen molar-refractivity contribution in [1.82, 2.24) is 16.0 Å². The largest absolute Gasteiger partial charge is 0.481 e. The molecule has 0 aromatic carbocycles. The second-order valence-corrected chi connectivity index (χ2v) is 5.16. The molecule has 0 saturated carbocycles. The van der Waals surface area contributed by atoms with Crippen LogP contribution in [0.4, 0.5) is 0 Å². The van der Waals surface area contributed by atoms with E-state index < -0.39 is 67.2 Å². The molecule has 0 rings (SSSR count). The Balaban J connectivity index is 4.73. The first-order chi connectivity index (χ1) is 12.0. The van der Waals surface area contributed by atoms with Crippen molar-refractivity contribution < 1.29 is 39.0 Å². The summed E-state index contributed by atoms with van der Waals surface area (Å²) < 4.78 is 0. The number of hydrogen-bond acceptors (Lipinski definition) is 7. The SMILES string of the molecule is NC(=O)CCC(NC(=O)C(N)CC(=O)O)C(=O)NCC(=O)NCC(=O)O.